The Morgan fingerprint density at radius 3 is 2.83 bits per heavy atom. The van der Waals surface area contributed by atoms with Crippen molar-refractivity contribution in [3.05, 3.63) is 17.8 Å². The first-order valence-corrected chi connectivity index (χ1v) is 6.06. The Balaban J connectivity index is 3.01. The maximum absolute atomic E-state index is 8.96. The van der Waals surface area contributed by atoms with Crippen molar-refractivity contribution in [3.8, 4) is 6.07 Å². The quantitative estimate of drug-likeness (QED) is 0.830. The number of anilines is 2. The molecule has 5 nitrogen and oxygen atoms in total. The molecule has 5 heteroatoms. The molecule has 0 saturated heterocycles. The highest BCUT2D eigenvalue weighted by Gasteiger charge is 2.15. The number of nitrogen functional groups attached to an aromatic ring is 1. The maximum atomic E-state index is 8.96. The molecule has 0 aromatic carbocycles. The van der Waals surface area contributed by atoms with Gasteiger partial charge in [0, 0.05) is 19.7 Å². The zero-order valence-corrected chi connectivity index (χ0v) is 11.2. The van der Waals surface area contributed by atoms with Gasteiger partial charge in [-0.2, -0.15) is 5.26 Å². The van der Waals surface area contributed by atoms with Crippen LogP contribution in [0.5, 0.6) is 0 Å². The van der Waals surface area contributed by atoms with Crippen molar-refractivity contribution in [2.24, 2.45) is 0 Å². The molecule has 1 atom stereocenters. The first-order valence-electron chi connectivity index (χ1n) is 6.06. The van der Waals surface area contributed by atoms with Crippen molar-refractivity contribution in [3.63, 3.8) is 0 Å². The lowest BCUT2D eigenvalue weighted by atomic mass is 10.2. The van der Waals surface area contributed by atoms with Crippen LogP contribution >= 0.6 is 0 Å². The third-order valence-corrected chi connectivity index (χ3v) is 2.97. The number of aromatic nitrogens is 1. The van der Waals surface area contributed by atoms with E-state index in [2.05, 4.69) is 23.7 Å². The number of pyridine rings is 1. The summed E-state index contributed by atoms with van der Waals surface area (Å²) in [4.78, 5) is 6.43. The van der Waals surface area contributed by atoms with Crippen LogP contribution in [0.25, 0.3) is 0 Å². The normalized spacial score (nSPS) is 11.9. The highest BCUT2D eigenvalue weighted by molar-refractivity contribution is 5.55. The number of methoxy groups -OCH3 is 1. The molecule has 0 spiro atoms. The summed E-state index contributed by atoms with van der Waals surface area (Å²) in [6.07, 6.45) is 0.998. The second-order valence-electron chi connectivity index (χ2n) is 4.16. The van der Waals surface area contributed by atoms with E-state index in [0.717, 1.165) is 18.8 Å². The molecule has 1 unspecified atom stereocenters. The van der Waals surface area contributed by atoms with Gasteiger partial charge in [0.05, 0.1) is 12.3 Å². The average molecular weight is 248 g/mol. The number of hydrogen-bond acceptors (Lipinski definition) is 5. The summed E-state index contributed by atoms with van der Waals surface area (Å²) in [5.41, 5.74) is 6.37. The fraction of sp³-hybridized carbons (Fsp3) is 0.538. The van der Waals surface area contributed by atoms with Crippen molar-refractivity contribution >= 4 is 11.5 Å². The number of nitrogens with two attached hydrogens (primary N) is 1. The van der Waals surface area contributed by atoms with E-state index >= 15 is 0 Å². The summed E-state index contributed by atoms with van der Waals surface area (Å²) >= 11 is 0. The van der Waals surface area contributed by atoms with Crippen molar-refractivity contribution in [1.82, 2.24) is 4.98 Å². The van der Waals surface area contributed by atoms with Gasteiger partial charge >= 0.3 is 0 Å². The molecule has 1 aromatic rings. The lowest BCUT2D eigenvalue weighted by molar-refractivity contribution is 0.203. The highest BCUT2D eigenvalue weighted by Crippen LogP contribution is 2.19. The van der Waals surface area contributed by atoms with E-state index in [1.807, 2.05) is 12.1 Å². The topological polar surface area (TPSA) is 75.2 Å². The van der Waals surface area contributed by atoms with Gasteiger partial charge in [0.15, 0.2) is 5.69 Å². The number of nitrogens with zero attached hydrogens (tertiary/aromatic N) is 3. The van der Waals surface area contributed by atoms with Gasteiger partial charge in [-0.3, -0.25) is 0 Å². The van der Waals surface area contributed by atoms with E-state index in [4.69, 9.17) is 15.7 Å². The molecule has 98 valence electrons. The lowest BCUT2D eigenvalue weighted by Crippen LogP contribution is -2.36. The molecule has 0 saturated carbocycles. The molecule has 0 amide bonds. The van der Waals surface area contributed by atoms with Crippen LogP contribution in [-0.4, -0.2) is 31.3 Å². The summed E-state index contributed by atoms with van der Waals surface area (Å²) in [7, 11) is 1.67. The molecule has 18 heavy (non-hydrogen) atoms. The first kappa shape index (κ1) is 14.3. The Hall–Kier alpha value is -1.80. The summed E-state index contributed by atoms with van der Waals surface area (Å²) in [5.74, 6) is 0.771. The van der Waals surface area contributed by atoms with Gasteiger partial charge in [0.25, 0.3) is 0 Å². The van der Waals surface area contributed by atoms with Gasteiger partial charge in [0.2, 0.25) is 0 Å². The SMILES string of the molecule is CCC(C)N(CCOC)c1ccc(N)c(C#N)n1. The predicted molar refractivity (Wildman–Crippen MR) is 72.3 cm³/mol. The number of nitriles is 1. The highest BCUT2D eigenvalue weighted by atomic mass is 16.5. The minimum Gasteiger partial charge on any atom is -0.396 e. The van der Waals surface area contributed by atoms with Gasteiger partial charge in [-0.1, -0.05) is 6.92 Å². The van der Waals surface area contributed by atoms with Crippen LogP contribution in [0.4, 0.5) is 11.5 Å². The molecule has 2 N–H and O–H groups in total. The predicted octanol–water partition coefficient (Wildman–Crippen LogP) is 1.79. The Morgan fingerprint density at radius 1 is 1.56 bits per heavy atom. The van der Waals surface area contributed by atoms with Crippen LogP contribution in [0.3, 0.4) is 0 Å². The largest absolute Gasteiger partial charge is 0.396 e. The molecule has 0 aliphatic rings. The molecule has 0 fully saturated rings. The Bertz CT molecular complexity index is 427. The fourth-order valence-electron chi connectivity index (χ4n) is 1.68. The van der Waals surface area contributed by atoms with E-state index < -0.39 is 0 Å². The smallest absolute Gasteiger partial charge is 0.165 e. The van der Waals surface area contributed by atoms with Gasteiger partial charge in [-0.15, -0.1) is 0 Å². The van der Waals surface area contributed by atoms with Crippen molar-refractivity contribution in [2.45, 2.75) is 26.3 Å². The Labute approximate surface area is 108 Å². The molecule has 0 aliphatic heterocycles. The average Bonchev–Trinajstić information content (AvgIpc) is 2.40. The van der Waals surface area contributed by atoms with Crippen LogP contribution in [0, 0.1) is 11.3 Å². The Kier molecular flexibility index (Phi) is 5.40. The third-order valence-electron chi connectivity index (χ3n) is 2.97. The second kappa shape index (κ2) is 6.82. The van der Waals surface area contributed by atoms with E-state index in [0.29, 0.717) is 18.3 Å². The van der Waals surface area contributed by atoms with Crippen LogP contribution in [0.2, 0.25) is 0 Å². The summed E-state index contributed by atoms with van der Waals surface area (Å²) in [5, 5.41) is 8.96. The number of rotatable bonds is 6. The Morgan fingerprint density at radius 2 is 2.28 bits per heavy atom. The van der Waals surface area contributed by atoms with Gasteiger partial charge in [0.1, 0.15) is 11.9 Å². The van der Waals surface area contributed by atoms with E-state index in [1.165, 1.54) is 0 Å². The zero-order valence-electron chi connectivity index (χ0n) is 11.2. The first-order chi connectivity index (χ1) is 8.63. The molecule has 0 bridgehead atoms. The van der Waals surface area contributed by atoms with E-state index in [-0.39, 0.29) is 5.69 Å². The molecule has 1 rings (SSSR count). The maximum Gasteiger partial charge on any atom is 0.165 e. The molecule has 0 radical (unpaired) electrons. The van der Waals surface area contributed by atoms with Crippen LogP contribution in [-0.2, 0) is 4.74 Å². The monoisotopic (exact) mass is 248 g/mol. The van der Waals surface area contributed by atoms with Gasteiger partial charge in [-0.25, -0.2) is 4.98 Å². The van der Waals surface area contributed by atoms with Crippen LogP contribution in [0.1, 0.15) is 26.0 Å². The zero-order chi connectivity index (χ0) is 13.5. The molecular weight excluding hydrogens is 228 g/mol. The molecule has 1 heterocycles. The lowest BCUT2D eigenvalue weighted by Gasteiger charge is -2.29. The molecular formula is C13H20N4O. The van der Waals surface area contributed by atoms with Gasteiger partial charge in [-0.05, 0) is 25.5 Å². The van der Waals surface area contributed by atoms with Gasteiger partial charge < -0.3 is 15.4 Å². The summed E-state index contributed by atoms with van der Waals surface area (Å²) in [6, 6.07) is 5.92. The van der Waals surface area contributed by atoms with Crippen LogP contribution < -0.4 is 10.6 Å². The molecule has 1 aromatic heterocycles. The number of ether oxygens (including phenoxy) is 1. The summed E-state index contributed by atoms with van der Waals surface area (Å²) in [6.45, 7) is 5.61. The summed E-state index contributed by atoms with van der Waals surface area (Å²) < 4.78 is 5.11. The fourth-order valence-corrected chi connectivity index (χ4v) is 1.68. The minimum absolute atomic E-state index is 0.276. The molecule has 0 aliphatic carbocycles. The van der Waals surface area contributed by atoms with E-state index in [9.17, 15) is 0 Å². The van der Waals surface area contributed by atoms with E-state index in [1.54, 1.807) is 13.2 Å². The van der Waals surface area contributed by atoms with Crippen molar-refractivity contribution in [2.75, 3.05) is 30.9 Å². The third kappa shape index (κ3) is 3.34. The van der Waals surface area contributed by atoms with Crippen molar-refractivity contribution < 1.29 is 4.74 Å². The van der Waals surface area contributed by atoms with Crippen molar-refractivity contribution in [1.29, 1.82) is 5.26 Å². The minimum atomic E-state index is 0.276. The number of hydrogen-bond donors (Lipinski definition) is 1. The second-order valence-corrected chi connectivity index (χ2v) is 4.16. The van der Waals surface area contributed by atoms with Crippen LogP contribution in [0.15, 0.2) is 12.1 Å². The standard InChI is InChI=1S/C13H20N4O/c1-4-10(2)17(7-8-18-3)13-6-5-11(15)12(9-14)16-13/h5-6,10H,4,7-8,15H2,1-3H3.